The van der Waals surface area contributed by atoms with Gasteiger partial charge in [-0.3, -0.25) is 9.13 Å². The maximum absolute atomic E-state index is 13.7. The predicted octanol–water partition coefficient (Wildman–Crippen LogP) is 4.28. The van der Waals surface area contributed by atoms with Gasteiger partial charge in [-0.25, -0.2) is 23.2 Å². The first-order chi connectivity index (χ1) is 18.9. The third-order valence-electron chi connectivity index (χ3n) is 8.06. The van der Waals surface area contributed by atoms with Gasteiger partial charge < -0.3 is 10.1 Å². The Labute approximate surface area is 245 Å². The van der Waals surface area contributed by atoms with Gasteiger partial charge in [-0.05, 0) is 69.2 Å². The first-order valence-electron chi connectivity index (χ1n) is 13.7. The highest BCUT2D eigenvalue weighted by molar-refractivity contribution is 7.89. The minimum Gasteiger partial charge on any atom is -0.381 e. The highest BCUT2D eigenvalue weighted by atomic mass is 35.5. The van der Waals surface area contributed by atoms with Crippen molar-refractivity contribution in [2.75, 3.05) is 30.8 Å². The van der Waals surface area contributed by atoms with Crippen LogP contribution >= 0.6 is 24.0 Å². The number of hydrogen-bond donors (Lipinski definition) is 1. The first-order valence-corrected chi connectivity index (χ1v) is 15.6. The van der Waals surface area contributed by atoms with E-state index in [-0.39, 0.29) is 42.0 Å². The molecule has 3 fully saturated rings. The fourth-order valence-corrected chi connectivity index (χ4v) is 8.05. The number of hydrogen-bond acceptors (Lipinski definition) is 7. The number of imidazole rings is 1. The molecule has 0 amide bonds. The van der Waals surface area contributed by atoms with Gasteiger partial charge in [0.05, 0.1) is 22.8 Å². The van der Waals surface area contributed by atoms with Gasteiger partial charge in [0.1, 0.15) is 0 Å². The van der Waals surface area contributed by atoms with Gasteiger partial charge in [0.15, 0.2) is 0 Å². The minimum absolute atomic E-state index is 0. The van der Waals surface area contributed by atoms with E-state index in [9.17, 15) is 13.2 Å². The number of halogens is 2. The lowest BCUT2D eigenvalue weighted by atomic mass is 9.91. The van der Waals surface area contributed by atoms with E-state index in [1.165, 1.54) is 0 Å². The molecule has 6 rings (SSSR count). The number of sulfonamides is 1. The summed E-state index contributed by atoms with van der Waals surface area (Å²) in [4.78, 5) is 23.0. The smallest absolute Gasteiger partial charge is 0.333 e. The topological polar surface area (TPSA) is 111 Å². The van der Waals surface area contributed by atoms with Gasteiger partial charge in [-0.15, -0.1) is 12.4 Å². The maximum Gasteiger partial charge on any atom is 0.333 e. The van der Waals surface area contributed by atoms with E-state index in [0.29, 0.717) is 47.8 Å². The Kier molecular flexibility index (Phi) is 8.86. The van der Waals surface area contributed by atoms with Crippen molar-refractivity contribution >= 4 is 40.0 Å². The maximum atomic E-state index is 13.7. The summed E-state index contributed by atoms with van der Waals surface area (Å²) in [7, 11) is -3.10. The van der Waals surface area contributed by atoms with E-state index < -0.39 is 10.0 Å². The molecule has 3 aromatic rings. The monoisotopic (exact) mass is 608 g/mol. The summed E-state index contributed by atoms with van der Waals surface area (Å²) < 4.78 is 35.3. The van der Waals surface area contributed by atoms with Crippen LogP contribution in [-0.4, -0.2) is 69.4 Å². The summed E-state index contributed by atoms with van der Waals surface area (Å²) in [5, 5.41) is 4.00. The molecule has 1 saturated carbocycles. The minimum atomic E-state index is -3.10. The number of nitrogens with one attached hydrogen (secondary N) is 1. The van der Waals surface area contributed by atoms with Crippen LogP contribution in [-0.2, 0) is 14.8 Å². The van der Waals surface area contributed by atoms with Crippen molar-refractivity contribution < 1.29 is 13.2 Å². The zero-order valence-corrected chi connectivity index (χ0v) is 24.5. The van der Waals surface area contributed by atoms with E-state index in [4.69, 9.17) is 21.3 Å². The molecule has 2 saturated heterocycles. The van der Waals surface area contributed by atoms with Gasteiger partial charge in [0.2, 0.25) is 16.0 Å². The molecule has 0 unspecified atom stereocenters. The van der Waals surface area contributed by atoms with Crippen molar-refractivity contribution in [1.29, 1.82) is 0 Å². The molecule has 2 aliphatic heterocycles. The number of rotatable bonds is 6. The molecule has 0 spiro atoms. The van der Waals surface area contributed by atoms with Gasteiger partial charge >= 0.3 is 5.69 Å². The van der Waals surface area contributed by atoms with Crippen LogP contribution in [0.25, 0.3) is 17.1 Å². The van der Waals surface area contributed by atoms with E-state index in [1.54, 1.807) is 31.8 Å². The Morgan fingerprint density at radius 2 is 1.80 bits per heavy atom. The van der Waals surface area contributed by atoms with Crippen molar-refractivity contribution in [2.45, 2.75) is 63.1 Å². The number of benzene rings is 1. The third-order valence-corrected chi connectivity index (χ3v) is 10.3. The highest BCUT2D eigenvalue weighted by Gasteiger charge is 2.36. The second kappa shape index (κ2) is 12.2. The fourth-order valence-electron chi connectivity index (χ4n) is 6.06. The zero-order chi connectivity index (χ0) is 27.0. The van der Waals surface area contributed by atoms with Crippen molar-refractivity contribution in [3.05, 3.63) is 58.2 Å². The van der Waals surface area contributed by atoms with Crippen LogP contribution < -0.4 is 11.0 Å². The molecule has 1 aromatic carbocycles. The summed E-state index contributed by atoms with van der Waals surface area (Å²) in [5.74, 6) is 0.760. The summed E-state index contributed by atoms with van der Waals surface area (Å²) in [6.07, 6.45) is 9.18. The second-order valence-corrected chi connectivity index (χ2v) is 13.0. The number of anilines is 1. The van der Waals surface area contributed by atoms with Gasteiger partial charge in [0.25, 0.3) is 0 Å². The molecule has 4 heterocycles. The standard InChI is InChI=1S/C27H33ClN6O4S.ClH/c28-19-3-1-4-23(17-19)34-25(18-32(27(34)35)21-10-14-38-15-11-21)24-9-12-29-26(31-24)30-20-5-7-22(8-6-20)33-13-2-16-39(33,36)37;/h1,3-4,9,12,17-18,20-22H,2,5-8,10-11,13-16H2,(H,29,30,31);1H. The van der Waals surface area contributed by atoms with Crippen molar-refractivity contribution in [1.82, 2.24) is 23.4 Å². The molecule has 40 heavy (non-hydrogen) atoms. The molecular formula is C27H34Cl2N6O4S. The van der Waals surface area contributed by atoms with Crippen LogP contribution in [0.4, 0.5) is 5.95 Å². The largest absolute Gasteiger partial charge is 0.381 e. The molecule has 10 nitrogen and oxygen atoms in total. The SMILES string of the molecule is Cl.O=c1n(C2CCOCC2)cc(-c2ccnc(NC3CCC(N4CCCS4(=O)=O)CC3)n2)n1-c1cccc(Cl)c1. The molecule has 0 radical (unpaired) electrons. The average molecular weight is 610 g/mol. The van der Waals surface area contributed by atoms with Crippen molar-refractivity contribution in [2.24, 2.45) is 0 Å². The van der Waals surface area contributed by atoms with Gasteiger partial charge in [-0.1, -0.05) is 17.7 Å². The average Bonchev–Trinajstić information content (AvgIpc) is 3.48. The van der Waals surface area contributed by atoms with Crippen molar-refractivity contribution in [3.63, 3.8) is 0 Å². The van der Waals surface area contributed by atoms with E-state index in [1.807, 2.05) is 24.4 Å². The summed E-state index contributed by atoms with van der Waals surface area (Å²) in [6, 6.07) is 9.36. The van der Waals surface area contributed by atoms with E-state index >= 15 is 0 Å². The third kappa shape index (κ3) is 5.94. The Balaban J connectivity index is 0.00000323. The van der Waals surface area contributed by atoms with Crippen molar-refractivity contribution in [3.8, 4) is 17.1 Å². The number of ether oxygens (including phenoxy) is 1. The number of nitrogens with zero attached hydrogens (tertiary/aromatic N) is 5. The number of aromatic nitrogens is 4. The Bertz CT molecular complexity index is 1500. The Morgan fingerprint density at radius 3 is 2.50 bits per heavy atom. The quantitative estimate of drug-likeness (QED) is 0.444. The zero-order valence-electron chi connectivity index (χ0n) is 22.1. The normalized spacial score (nSPS) is 23.5. The first kappa shape index (κ1) is 29.1. The van der Waals surface area contributed by atoms with Crippen LogP contribution in [0.3, 0.4) is 0 Å². The molecular weight excluding hydrogens is 575 g/mol. The van der Waals surface area contributed by atoms with Crippen LogP contribution in [0.5, 0.6) is 0 Å². The fraction of sp³-hybridized carbons (Fsp3) is 0.519. The molecule has 1 aliphatic carbocycles. The lowest BCUT2D eigenvalue weighted by Gasteiger charge is -2.33. The van der Waals surface area contributed by atoms with Crippen LogP contribution in [0, 0.1) is 0 Å². The van der Waals surface area contributed by atoms with E-state index in [0.717, 1.165) is 44.9 Å². The van der Waals surface area contributed by atoms with E-state index in [2.05, 4.69) is 10.3 Å². The van der Waals surface area contributed by atoms with Gasteiger partial charge in [-0.2, -0.15) is 4.31 Å². The Morgan fingerprint density at radius 1 is 1.02 bits per heavy atom. The molecule has 0 bridgehead atoms. The second-order valence-electron chi connectivity index (χ2n) is 10.6. The molecule has 3 aliphatic rings. The molecule has 2 aromatic heterocycles. The van der Waals surface area contributed by atoms with Crippen LogP contribution in [0.2, 0.25) is 5.02 Å². The van der Waals surface area contributed by atoms with Gasteiger partial charge in [0, 0.05) is 55.3 Å². The summed E-state index contributed by atoms with van der Waals surface area (Å²) in [5.41, 5.74) is 1.84. The molecule has 216 valence electrons. The summed E-state index contributed by atoms with van der Waals surface area (Å²) in [6.45, 7) is 1.89. The van der Waals surface area contributed by atoms with Crippen LogP contribution in [0.1, 0.15) is 51.0 Å². The lowest BCUT2D eigenvalue weighted by Crippen LogP contribution is -2.41. The molecule has 13 heteroatoms. The molecule has 0 atom stereocenters. The summed E-state index contributed by atoms with van der Waals surface area (Å²) >= 11 is 6.29. The Hall–Kier alpha value is -2.44. The predicted molar refractivity (Wildman–Crippen MR) is 157 cm³/mol. The molecule has 1 N–H and O–H groups in total. The van der Waals surface area contributed by atoms with Crippen LogP contribution in [0.15, 0.2) is 47.5 Å². The lowest BCUT2D eigenvalue weighted by molar-refractivity contribution is 0.0686. The highest BCUT2D eigenvalue weighted by Crippen LogP contribution is 2.30.